The number of imidazole rings is 1. The molecule has 0 spiro atoms. The smallest absolute Gasteiger partial charge is 0.326 e. The number of aliphatic carboxylic acids is 2. The van der Waals surface area contributed by atoms with Crippen LogP contribution in [-0.2, 0) is 78.3 Å². The molecule has 0 radical (unpaired) electrons. The Morgan fingerprint density at radius 1 is 0.460 bits per heavy atom. The van der Waals surface area contributed by atoms with Crippen molar-refractivity contribution >= 4 is 94.7 Å². The number of carboxylic acids is 2. The van der Waals surface area contributed by atoms with Crippen LogP contribution < -0.4 is 104 Å². The minimum atomic E-state index is -1.96. The van der Waals surface area contributed by atoms with Crippen molar-refractivity contribution in [3.05, 3.63) is 18.2 Å². The van der Waals surface area contributed by atoms with E-state index in [9.17, 15) is 97.5 Å². The van der Waals surface area contributed by atoms with Gasteiger partial charge in [-0.3, -0.25) is 72.1 Å². The molecule has 1 rings (SSSR count). The first-order chi connectivity index (χ1) is 47.1. The van der Waals surface area contributed by atoms with Gasteiger partial charge in [-0.15, -0.1) is 0 Å². The molecule has 32 N–H and O–H groups in total. The molecule has 1 heterocycles. The van der Waals surface area contributed by atoms with Gasteiger partial charge in [-0.2, -0.15) is 0 Å². The Hall–Kier alpha value is -9.75. The van der Waals surface area contributed by atoms with Crippen molar-refractivity contribution in [2.45, 2.75) is 209 Å². The van der Waals surface area contributed by atoms with Crippen LogP contribution in [0.3, 0.4) is 0 Å². The van der Waals surface area contributed by atoms with Crippen LogP contribution in [0, 0.1) is 0 Å². The highest BCUT2D eigenvalue weighted by Gasteiger charge is 2.37. The maximum Gasteiger partial charge on any atom is 0.326 e. The quantitative estimate of drug-likeness (QED) is 0.0164. The Balaban J connectivity index is 3.34. The van der Waals surface area contributed by atoms with E-state index >= 15 is 0 Å². The van der Waals surface area contributed by atoms with Gasteiger partial charge in [-0.05, 0) is 124 Å². The molecule has 0 fully saturated rings. The number of hydrogen-bond acceptors (Lipinski definition) is 24. The van der Waals surface area contributed by atoms with Gasteiger partial charge in [0, 0.05) is 31.3 Å². The number of aliphatic hydroxyl groups excluding tert-OH is 3. The number of amides is 13. The zero-order valence-corrected chi connectivity index (χ0v) is 56.4. The first kappa shape index (κ1) is 88.3. The van der Waals surface area contributed by atoms with Crippen LogP contribution >= 0.6 is 0 Å². The van der Waals surface area contributed by atoms with E-state index in [1.54, 1.807) is 0 Å². The minimum Gasteiger partial charge on any atom is -0.481 e. The van der Waals surface area contributed by atoms with Crippen molar-refractivity contribution in [1.29, 1.82) is 0 Å². The summed E-state index contributed by atoms with van der Waals surface area (Å²) in [5.74, 6) is -17.0. The van der Waals surface area contributed by atoms with Crippen LogP contribution in [0.15, 0.2) is 17.5 Å². The number of H-pyrrole nitrogens is 1. The molecule has 42 nitrogen and oxygen atoms in total. The highest BCUT2D eigenvalue weighted by molar-refractivity contribution is 6.00. The van der Waals surface area contributed by atoms with Crippen LogP contribution in [0.5, 0.6) is 0 Å². The van der Waals surface area contributed by atoms with Gasteiger partial charge in [0.05, 0.1) is 38.1 Å². The summed E-state index contributed by atoms with van der Waals surface area (Å²) in [5, 5.41) is 78.3. The zero-order chi connectivity index (χ0) is 75.8. The van der Waals surface area contributed by atoms with Crippen LogP contribution in [0.25, 0.3) is 0 Å². The Labute approximate surface area is 575 Å². The van der Waals surface area contributed by atoms with Crippen molar-refractivity contribution < 1.29 is 97.5 Å². The van der Waals surface area contributed by atoms with Gasteiger partial charge in [0.2, 0.25) is 76.8 Å². The standard InChI is InChI=1S/C58H102N22O20/c1-28(62)45(87)76-39(23-43(85)86)53(95)78-40(25-81)54(96)74-36(16-17-42(63)84)51(93)77-38(22-32-24-66-27-68-32)52(94)79-41(26-82)55(97)80-44(31(4)83)56(98)70-29(2)46(88)69-30(3)47(89)71-33(12-5-8-18-59)48(90)72-34(13-6-9-19-60)49(91)73-35(14-7-10-20-61)50(92)75-37(57(99)100)15-11-21-67-58(64)65/h24,27-31,33-41,44,81-83H,5-23,25-26,59-62H2,1-4H3,(H2,63,84)(H,66,68)(H,69,88)(H,70,98)(H,71,89)(H,72,90)(H,73,91)(H,74,96)(H,75,92)(H,76,87)(H,77,93)(H,78,95)(H,79,94)(H,80,97)(H,85,86)(H,99,100)(H4,64,65,67)/t28-,29-,30-,31+,33-,34-,35-,36-,37-,38-,39-,40-,41-,44-/m0/s1. The molecular weight excluding hydrogens is 1320 g/mol. The SMILES string of the molecule is C[C@H](N)C(=O)N[C@@H](CC(=O)O)C(=O)N[C@@H](CO)C(=O)N[C@@H](CCC(N)=O)C(=O)N[C@@H](Cc1cnc[nH]1)C(=O)N[C@@H](CO)C(=O)N[C@H](C(=O)N[C@@H](C)C(=O)N[C@@H](C)C(=O)N[C@@H](CCCCN)C(=O)N[C@@H](CCCCN)C(=O)N[C@@H](CCCCN)C(=O)N[C@@H](CCCN=C(N)N)C(=O)O)[C@@H](C)O. The zero-order valence-electron chi connectivity index (χ0n) is 56.4. The molecule has 0 aromatic carbocycles. The molecule has 0 saturated carbocycles. The third-order valence-electron chi connectivity index (χ3n) is 14.8. The van der Waals surface area contributed by atoms with Crippen molar-refractivity contribution in [2.24, 2.45) is 45.1 Å². The average Bonchev–Trinajstić information content (AvgIpc) is 0.998. The fraction of sp³-hybridized carbons (Fsp3) is 0.672. The molecule has 0 bridgehead atoms. The molecule has 0 aliphatic rings. The molecule has 1 aromatic heterocycles. The number of unbranched alkanes of at least 4 members (excludes halogenated alkanes) is 3. The molecule has 0 aliphatic carbocycles. The Bertz CT molecular complexity index is 2900. The van der Waals surface area contributed by atoms with E-state index < -0.39 is 212 Å². The van der Waals surface area contributed by atoms with E-state index in [2.05, 4.69) is 78.8 Å². The molecule has 0 aliphatic heterocycles. The third-order valence-corrected chi connectivity index (χ3v) is 14.8. The fourth-order valence-corrected chi connectivity index (χ4v) is 9.14. The predicted octanol–water partition coefficient (Wildman–Crippen LogP) is -11.2. The van der Waals surface area contributed by atoms with Gasteiger partial charge in [0.15, 0.2) is 5.96 Å². The van der Waals surface area contributed by atoms with Gasteiger partial charge < -0.3 is 134 Å². The maximum absolute atomic E-state index is 14.1. The number of rotatable bonds is 51. The van der Waals surface area contributed by atoms with Crippen LogP contribution in [0.1, 0.15) is 123 Å². The van der Waals surface area contributed by atoms with Crippen molar-refractivity contribution in [2.75, 3.05) is 39.4 Å². The van der Waals surface area contributed by atoms with Crippen LogP contribution in [-0.4, -0.2) is 254 Å². The second-order valence-corrected chi connectivity index (χ2v) is 23.4. The average molecular weight is 1430 g/mol. The third kappa shape index (κ3) is 34.2. The number of primary amides is 1. The van der Waals surface area contributed by atoms with E-state index in [1.807, 2.05) is 0 Å². The van der Waals surface area contributed by atoms with Crippen molar-refractivity contribution in [1.82, 2.24) is 73.8 Å². The van der Waals surface area contributed by atoms with E-state index in [4.69, 9.17) is 40.1 Å². The number of carboxylic acid groups (broad SMARTS) is 2. The minimum absolute atomic E-state index is 0.00267. The number of guanidine groups is 1. The molecule has 1 aromatic rings. The predicted molar refractivity (Wildman–Crippen MR) is 353 cm³/mol. The first-order valence-corrected chi connectivity index (χ1v) is 32.3. The highest BCUT2D eigenvalue weighted by Crippen LogP contribution is 2.11. The summed E-state index contributed by atoms with van der Waals surface area (Å²) in [4.78, 5) is 209. The largest absolute Gasteiger partial charge is 0.481 e. The highest BCUT2D eigenvalue weighted by atomic mass is 16.4. The number of aromatic amines is 1. The maximum atomic E-state index is 14.1. The summed E-state index contributed by atoms with van der Waals surface area (Å²) in [7, 11) is 0. The van der Waals surface area contributed by atoms with Gasteiger partial charge in [-0.1, -0.05) is 0 Å². The second kappa shape index (κ2) is 47.3. The number of carbonyl (C=O) groups is 15. The van der Waals surface area contributed by atoms with Gasteiger partial charge in [0.1, 0.15) is 72.5 Å². The Kier molecular flexibility index (Phi) is 41.7. The number of aliphatic imine (C=N–C) groups is 1. The number of nitrogens with zero attached hydrogens (tertiary/aromatic N) is 2. The van der Waals surface area contributed by atoms with Crippen molar-refractivity contribution in [3.8, 4) is 0 Å². The molecule has 0 saturated heterocycles. The van der Waals surface area contributed by atoms with Gasteiger partial charge in [0.25, 0.3) is 0 Å². The second-order valence-electron chi connectivity index (χ2n) is 23.4. The number of hydrogen-bond donors (Lipinski definition) is 25. The molecule has 14 atom stereocenters. The molecule has 13 amide bonds. The summed E-state index contributed by atoms with van der Waals surface area (Å²) in [6.07, 6.45) is 0.392. The molecule has 100 heavy (non-hydrogen) atoms. The van der Waals surface area contributed by atoms with Gasteiger partial charge in [-0.25, -0.2) is 9.78 Å². The molecular formula is C58H102N22O20. The molecule has 42 heteroatoms. The van der Waals surface area contributed by atoms with E-state index in [-0.39, 0.29) is 76.4 Å². The summed E-state index contributed by atoms with van der Waals surface area (Å²) in [5.41, 5.74) is 38.8. The van der Waals surface area contributed by atoms with Crippen LogP contribution in [0.2, 0.25) is 0 Å². The van der Waals surface area contributed by atoms with Gasteiger partial charge >= 0.3 is 11.9 Å². The number of nitrogens with two attached hydrogens (primary N) is 7. The topological polar surface area (TPSA) is 725 Å². The first-order valence-electron chi connectivity index (χ1n) is 32.3. The fourth-order valence-electron chi connectivity index (χ4n) is 9.14. The summed E-state index contributed by atoms with van der Waals surface area (Å²) < 4.78 is 0. The number of nitrogens with one attached hydrogen (secondary N) is 13. The van der Waals surface area contributed by atoms with E-state index in [0.29, 0.717) is 32.1 Å². The lowest BCUT2D eigenvalue weighted by Gasteiger charge is -2.28. The lowest BCUT2D eigenvalue weighted by atomic mass is 10.0. The molecule has 0 unspecified atom stereocenters. The lowest BCUT2D eigenvalue weighted by Crippen LogP contribution is -2.62. The summed E-state index contributed by atoms with van der Waals surface area (Å²) in [6.45, 7) is 3.07. The Morgan fingerprint density at radius 2 is 0.830 bits per heavy atom. The monoisotopic (exact) mass is 1430 g/mol. The summed E-state index contributed by atoms with van der Waals surface area (Å²) >= 11 is 0. The van der Waals surface area contributed by atoms with E-state index in [0.717, 1.165) is 13.8 Å². The molecule has 564 valence electrons. The van der Waals surface area contributed by atoms with Crippen LogP contribution in [0.4, 0.5) is 0 Å². The Morgan fingerprint density at radius 3 is 1.23 bits per heavy atom. The summed E-state index contributed by atoms with van der Waals surface area (Å²) in [6, 6.07) is -20.7. The normalized spacial score (nSPS) is 15.2. The number of aromatic nitrogens is 2. The number of aliphatic hydroxyl groups is 3. The number of carbonyl (C=O) groups excluding carboxylic acids is 13. The lowest BCUT2D eigenvalue weighted by molar-refractivity contribution is -0.142. The van der Waals surface area contributed by atoms with Crippen molar-refractivity contribution in [3.63, 3.8) is 0 Å². The van der Waals surface area contributed by atoms with E-state index in [1.165, 1.54) is 26.4 Å².